The zero-order valence-electron chi connectivity index (χ0n) is 18.9. The van der Waals surface area contributed by atoms with Crippen molar-refractivity contribution in [2.24, 2.45) is 13.0 Å². The van der Waals surface area contributed by atoms with Crippen molar-refractivity contribution >= 4 is 5.91 Å². The number of carbonyl (C=O) groups excluding carboxylic acids is 1. The maximum absolute atomic E-state index is 15.1. The molecule has 0 aliphatic heterocycles. The summed E-state index contributed by atoms with van der Waals surface area (Å²) >= 11 is 0. The second-order valence-electron chi connectivity index (χ2n) is 8.40. The van der Waals surface area contributed by atoms with Crippen molar-refractivity contribution in [1.29, 1.82) is 0 Å². The third-order valence-electron chi connectivity index (χ3n) is 5.96. The number of hydrogen-bond acceptors (Lipinski definition) is 4. The quantitative estimate of drug-likeness (QED) is 0.654. The molecule has 2 aromatic rings. The highest BCUT2D eigenvalue weighted by atomic mass is 19.1. The van der Waals surface area contributed by atoms with Crippen LogP contribution in [0.3, 0.4) is 0 Å². The van der Waals surface area contributed by atoms with E-state index in [9.17, 15) is 9.59 Å². The topological polar surface area (TPSA) is 78.2 Å². The fraction of sp³-hybridized carbons (Fsp3) is 0.609. The Balaban J connectivity index is 1.97. The van der Waals surface area contributed by atoms with Gasteiger partial charge in [-0.25, -0.2) is 9.18 Å². The molecule has 7 nitrogen and oxygen atoms in total. The van der Waals surface area contributed by atoms with Crippen LogP contribution in [0.25, 0.3) is 5.69 Å². The highest BCUT2D eigenvalue weighted by molar-refractivity contribution is 5.97. The van der Waals surface area contributed by atoms with Gasteiger partial charge in [0.05, 0.1) is 11.7 Å². The summed E-state index contributed by atoms with van der Waals surface area (Å²) in [6, 6.07) is 2.57. The van der Waals surface area contributed by atoms with Gasteiger partial charge >= 0.3 is 5.69 Å². The number of hydrogen-bond donors (Lipinski definition) is 1. The van der Waals surface area contributed by atoms with Gasteiger partial charge in [0, 0.05) is 26.1 Å². The van der Waals surface area contributed by atoms with E-state index in [0.29, 0.717) is 24.7 Å². The van der Waals surface area contributed by atoms with E-state index in [1.165, 1.54) is 23.5 Å². The maximum Gasteiger partial charge on any atom is 0.350 e. The fourth-order valence-corrected chi connectivity index (χ4v) is 4.15. The van der Waals surface area contributed by atoms with Crippen molar-refractivity contribution in [3.8, 4) is 11.4 Å². The summed E-state index contributed by atoms with van der Waals surface area (Å²) in [5, 5.41) is 7.18. The summed E-state index contributed by atoms with van der Waals surface area (Å²) in [7, 11) is 1.61. The minimum absolute atomic E-state index is 0.0219. The number of amides is 1. The Morgan fingerprint density at radius 3 is 2.65 bits per heavy atom. The van der Waals surface area contributed by atoms with Crippen molar-refractivity contribution < 1.29 is 13.9 Å². The molecule has 1 unspecified atom stereocenters. The first-order chi connectivity index (χ1) is 14.8. The number of carbonyl (C=O) groups is 1. The van der Waals surface area contributed by atoms with Crippen molar-refractivity contribution in [3.05, 3.63) is 39.8 Å². The van der Waals surface area contributed by atoms with Crippen LogP contribution in [0.4, 0.5) is 4.39 Å². The molecular weight excluding hydrogens is 399 g/mol. The highest BCUT2D eigenvalue weighted by Crippen LogP contribution is 2.28. The van der Waals surface area contributed by atoms with Crippen molar-refractivity contribution in [3.63, 3.8) is 0 Å². The van der Waals surface area contributed by atoms with Gasteiger partial charge in [-0.2, -0.15) is 4.68 Å². The Kier molecular flexibility index (Phi) is 7.51. The number of nitrogens with zero attached hydrogens (tertiary/aromatic N) is 3. The van der Waals surface area contributed by atoms with Crippen LogP contribution < -0.4 is 15.7 Å². The summed E-state index contributed by atoms with van der Waals surface area (Å²) in [4.78, 5) is 25.5. The smallest absolute Gasteiger partial charge is 0.350 e. The van der Waals surface area contributed by atoms with E-state index >= 15 is 4.39 Å². The monoisotopic (exact) mass is 432 g/mol. The Bertz CT molecular complexity index is 976. The first-order valence-electron chi connectivity index (χ1n) is 11.3. The molecule has 0 saturated heterocycles. The van der Waals surface area contributed by atoms with Gasteiger partial charge in [-0.15, -0.1) is 5.10 Å². The lowest BCUT2D eigenvalue weighted by atomic mass is 10.1. The third kappa shape index (κ3) is 5.17. The van der Waals surface area contributed by atoms with E-state index < -0.39 is 11.5 Å². The molecule has 1 fully saturated rings. The molecule has 3 rings (SSSR count). The first kappa shape index (κ1) is 23.0. The molecule has 0 radical (unpaired) electrons. The Morgan fingerprint density at radius 1 is 1.32 bits per heavy atom. The molecule has 1 aromatic heterocycles. The van der Waals surface area contributed by atoms with Gasteiger partial charge in [-0.05, 0) is 38.2 Å². The minimum atomic E-state index is -0.690. The van der Waals surface area contributed by atoms with E-state index in [1.54, 1.807) is 7.05 Å². The molecule has 31 heavy (non-hydrogen) atoms. The second kappa shape index (κ2) is 10.1. The van der Waals surface area contributed by atoms with Crippen LogP contribution in [0.5, 0.6) is 5.75 Å². The van der Waals surface area contributed by atoms with Gasteiger partial charge in [0.1, 0.15) is 23.1 Å². The van der Waals surface area contributed by atoms with Gasteiger partial charge < -0.3 is 10.1 Å². The fourth-order valence-electron chi connectivity index (χ4n) is 4.15. The molecule has 1 aliphatic carbocycles. The lowest BCUT2D eigenvalue weighted by Gasteiger charge is -2.19. The van der Waals surface area contributed by atoms with Crippen LogP contribution in [0.2, 0.25) is 0 Å². The van der Waals surface area contributed by atoms with Crippen LogP contribution in [-0.4, -0.2) is 32.9 Å². The summed E-state index contributed by atoms with van der Waals surface area (Å²) in [5.41, 5.74) is -0.324. The zero-order chi connectivity index (χ0) is 22.5. The van der Waals surface area contributed by atoms with Crippen LogP contribution in [0.15, 0.2) is 16.9 Å². The van der Waals surface area contributed by atoms with E-state index in [2.05, 4.69) is 10.4 Å². The minimum Gasteiger partial charge on any atom is -0.490 e. The van der Waals surface area contributed by atoms with Crippen LogP contribution in [0.1, 0.15) is 75.5 Å². The predicted octanol–water partition coefficient (Wildman–Crippen LogP) is 3.76. The largest absolute Gasteiger partial charge is 0.490 e. The van der Waals surface area contributed by atoms with Gasteiger partial charge in [0.25, 0.3) is 5.91 Å². The van der Waals surface area contributed by atoms with E-state index in [0.717, 1.165) is 36.4 Å². The molecule has 1 aromatic carbocycles. The molecule has 1 heterocycles. The standard InChI is InChI=1S/C23H33FN4O3/c1-5-9-15(3)31-20-13-19(28-23(30)27(4)21(6-2)26-28)18(24)12-17(20)22(29)25-14-16-10-7-8-11-16/h12-13,15-16H,5-11,14H2,1-4H3,(H,25,29). The highest BCUT2D eigenvalue weighted by Gasteiger charge is 2.23. The van der Waals surface area contributed by atoms with Crippen molar-refractivity contribution in [2.45, 2.75) is 71.8 Å². The maximum atomic E-state index is 15.1. The Labute approximate surface area is 182 Å². The molecule has 0 spiro atoms. The number of benzene rings is 1. The van der Waals surface area contributed by atoms with Crippen molar-refractivity contribution in [2.75, 3.05) is 6.54 Å². The van der Waals surface area contributed by atoms with Crippen LogP contribution in [0, 0.1) is 11.7 Å². The predicted molar refractivity (Wildman–Crippen MR) is 117 cm³/mol. The number of aromatic nitrogens is 3. The molecule has 1 N–H and O–H groups in total. The summed E-state index contributed by atoms with van der Waals surface area (Å²) in [5.74, 6) is 0.223. The molecule has 1 saturated carbocycles. The lowest BCUT2D eigenvalue weighted by molar-refractivity contribution is 0.0939. The second-order valence-corrected chi connectivity index (χ2v) is 8.40. The SMILES string of the molecule is CCCC(C)Oc1cc(-n2nc(CC)n(C)c2=O)c(F)cc1C(=O)NCC1CCCC1. The normalized spacial score (nSPS) is 15.3. The molecule has 1 aliphatic rings. The molecular formula is C23H33FN4O3. The summed E-state index contributed by atoms with van der Waals surface area (Å²) in [6.45, 7) is 6.41. The number of nitrogens with one attached hydrogen (secondary N) is 1. The summed E-state index contributed by atoms with van der Waals surface area (Å²) < 4.78 is 23.5. The Hall–Kier alpha value is -2.64. The molecule has 0 bridgehead atoms. The van der Waals surface area contributed by atoms with E-state index in [1.807, 2.05) is 20.8 Å². The average molecular weight is 433 g/mol. The van der Waals surface area contributed by atoms with Gasteiger partial charge in [-0.1, -0.05) is 33.1 Å². The number of ether oxygens (including phenoxy) is 1. The van der Waals surface area contributed by atoms with Gasteiger partial charge in [0.2, 0.25) is 0 Å². The van der Waals surface area contributed by atoms with Gasteiger partial charge in [0.15, 0.2) is 0 Å². The van der Waals surface area contributed by atoms with Crippen molar-refractivity contribution in [1.82, 2.24) is 19.7 Å². The number of aryl methyl sites for hydroxylation is 1. The first-order valence-corrected chi connectivity index (χ1v) is 11.3. The average Bonchev–Trinajstić information content (AvgIpc) is 3.36. The van der Waals surface area contributed by atoms with Crippen LogP contribution >= 0.6 is 0 Å². The number of halogens is 1. The molecule has 1 atom stereocenters. The van der Waals surface area contributed by atoms with Crippen LogP contribution in [-0.2, 0) is 13.5 Å². The number of rotatable bonds is 9. The van der Waals surface area contributed by atoms with Gasteiger partial charge in [-0.3, -0.25) is 9.36 Å². The molecule has 1 amide bonds. The Morgan fingerprint density at radius 2 is 2.03 bits per heavy atom. The summed E-state index contributed by atoms with van der Waals surface area (Å²) in [6.07, 6.45) is 6.67. The third-order valence-corrected chi connectivity index (χ3v) is 5.96. The zero-order valence-corrected chi connectivity index (χ0v) is 18.9. The lowest BCUT2D eigenvalue weighted by Crippen LogP contribution is -2.29. The molecule has 8 heteroatoms. The van der Waals surface area contributed by atoms with E-state index in [-0.39, 0.29) is 29.0 Å². The molecule has 170 valence electrons. The van der Waals surface area contributed by atoms with E-state index in [4.69, 9.17) is 4.74 Å².